The molecule has 6 nitrogen and oxygen atoms in total. The van der Waals surface area contributed by atoms with E-state index in [4.69, 9.17) is 9.47 Å². The molecular formula is C23H26N2O4. The molecule has 2 aromatic rings. The zero-order valence-electron chi connectivity index (χ0n) is 16.8. The topological polar surface area (TPSA) is 59.1 Å². The summed E-state index contributed by atoms with van der Waals surface area (Å²) in [5.41, 5.74) is 3.29. The fourth-order valence-corrected chi connectivity index (χ4v) is 4.18. The number of carbonyl (C=O) groups is 2. The number of esters is 1. The maximum atomic E-state index is 12.7. The molecule has 1 amide bonds. The van der Waals surface area contributed by atoms with Gasteiger partial charge in [-0.15, -0.1) is 0 Å². The van der Waals surface area contributed by atoms with Crippen LogP contribution in [0.15, 0.2) is 48.5 Å². The SMILES string of the molecule is CC(=O)N1c2ccc(N3CCOCC3)cc2C(OC(=O)c2ccccc2)CC1C. The Balaban J connectivity index is 1.68. The minimum Gasteiger partial charge on any atom is -0.454 e. The van der Waals surface area contributed by atoms with E-state index in [1.54, 1.807) is 24.0 Å². The van der Waals surface area contributed by atoms with Gasteiger partial charge < -0.3 is 19.3 Å². The average molecular weight is 394 g/mol. The van der Waals surface area contributed by atoms with Gasteiger partial charge in [-0.3, -0.25) is 4.79 Å². The fourth-order valence-electron chi connectivity index (χ4n) is 4.18. The van der Waals surface area contributed by atoms with Gasteiger partial charge in [-0.05, 0) is 37.3 Å². The lowest BCUT2D eigenvalue weighted by Crippen LogP contribution is -2.43. The summed E-state index contributed by atoms with van der Waals surface area (Å²) in [6.07, 6.45) is 0.168. The molecule has 0 radical (unpaired) electrons. The Bertz CT molecular complexity index is 893. The van der Waals surface area contributed by atoms with Crippen molar-refractivity contribution < 1.29 is 19.1 Å². The van der Waals surface area contributed by atoms with Crippen LogP contribution in [0.3, 0.4) is 0 Å². The van der Waals surface area contributed by atoms with Gasteiger partial charge in [0, 0.05) is 43.7 Å². The highest BCUT2D eigenvalue weighted by molar-refractivity contribution is 5.94. The van der Waals surface area contributed by atoms with Crippen molar-refractivity contribution in [3.05, 3.63) is 59.7 Å². The molecule has 0 bridgehead atoms. The third-order valence-corrected chi connectivity index (χ3v) is 5.59. The van der Waals surface area contributed by atoms with Crippen LogP contribution in [0.5, 0.6) is 0 Å². The molecule has 2 aliphatic rings. The van der Waals surface area contributed by atoms with Crippen molar-refractivity contribution >= 4 is 23.3 Å². The number of nitrogens with zero attached hydrogens (tertiary/aromatic N) is 2. The van der Waals surface area contributed by atoms with Crippen LogP contribution in [0.25, 0.3) is 0 Å². The van der Waals surface area contributed by atoms with E-state index < -0.39 is 6.10 Å². The molecule has 2 aliphatic heterocycles. The second kappa shape index (κ2) is 8.25. The molecule has 0 aliphatic carbocycles. The number of carbonyl (C=O) groups excluding carboxylic acids is 2. The van der Waals surface area contributed by atoms with Gasteiger partial charge >= 0.3 is 5.97 Å². The second-order valence-electron chi connectivity index (χ2n) is 7.58. The molecule has 2 aromatic carbocycles. The van der Waals surface area contributed by atoms with Gasteiger partial charge in [-0.2, -0.15) is 0 Å². The van der Waals surface area contributed by atoms with Crippen molar-refractivity contribution in [2.24, 2.45) is 0 Å². The van der Waals surface area contributed by atoms with Crippen molar-refractivity contribution in [3.63, 3.8) is 0 Å². The molecule has 2 unspecified atom stereocenters. The first-order valence-electron chi connectivity index (χ1n) is 10.1. The zero-order valence-corrected chi connectivity index (χ0v) is 16.8. The fraction of sp³-hybridized carbons (Fsp3) is 0.391. The molecule has 1 fully saturated rings. The van der Waals surface area contributed by atoms with Crippen LogP contribution in [0.2, 0.25) is 0 Å². The predicted octanol–water partition coefficient (Wildman–Crippen LogP) is 3.57. The Labute approximate surface area is 171 Å². The molecule has 0 N–H and O–H groups in total. The first-order valence-corrected chi connectivity index (χ1v) is 10.1. The quantitative estimate of drug-likeness (QED) is 0.745. The van der Waals surface area contributed by atoms with Gasteiger partial charge in [-0.1, -0.05) is 18.2 Å². The molecule has 4 rings (SSSR count). The van der Waals surface area contributed by atoms with E-state index in [1.165, 1.54) is 0 Å². The summed E-state index contributed by atoms with van der Waals surface area (Å²) >= 11 is 0. The molecular weight excluding hydrogens is 368 g/mol. The van der Waals surface area contributed by atoms with Crippen molar-refractivity contribution in [1.29, 1.82) is 0 Å². The average Bonchev–Trinajstić information content (AvgIpc) is 2.74. The first-order chi connectivity index (χ1) is 14.0. The van der Waals surface area contributed by atoms with E-state index in [0.717, 1.165) is 30.0 Å². The van der Waals surface area contributed by atoms with E-state index in [1.807, 2.05) is 37.3 Å². The van der Waals surface area contributed by atoms with E-state index in [-0.39, 0.29) is 17.9 Å². The number of amides is 1. The molecule has 29 heavy (non-hydrogen) atoms. The summed E-state index contributed by atoms with van der Waals surface area (Å²) in [4.78, 5) is 29.1. The normalized spacial score (nSPS) is 21.4. The Morgan fingerprint density at radius 2 is 1.79 bits per heavy atom. The van der Waals surface area contributed by atoms with E-state index in [9.17, 15) is 9.59 Å². The van der Waals surface area contributed by atoms with Crippen LogP contribution in [0.4, 0.5) is 11.4 Å². The Kier molecular flexibility index (Phi) is 5.53. The summed E-state index contributed by atoms with van der Waals surface area (Å²) < 4.78 is 11.4. The number of ether oxygens (including phenoxy) is 2. The maximum absolute atomic E-state index is 12.7. The van der Waals surface area contributed by atoms with Crippen molar-refractivity contribution in [1.82, 2.24) is 0 Å². The van der Waals surface area contributed by atoms with Gasteiger partial charge in [-0.25, -0.2) is 4.79 Å². The Hall–Kier alpha value is -2.86. The summed E-state index contributed by atoms with van der Waals surface area (Å²) in [5, 5.41) is 0. The number of benzene rings is 2. The molecule has 2 heterocycles. The predicted molar refractivity (Wildman–Crippen MR) is 111 cm³/mol. The smallest absolute Gasteiger partial charge is 0.338 e. The van der Waals surface area contributed by atoms with Gasteiger partial charge in [0.15, 0.2) is 0 Å². The highest BCUT2D eigenvalue weighted by Crippen LogP contribution is 2.41. The molecule has 0 saturated carbocycles. The molecule has 1 saturated heterocycles. The number of fused-ring (bicyclic) bond motifs is 1. The number of anilines is 2. The molecule has 0 aromatic heterocycles. The van der Waals surface area contributed by atoms with E-state index in [2.05, 4.69) is 11.0 Å². The number of hydrogen-bond acceptors (Lipinski definition) is 5. The first kappa shape index (κ1) is 19.5. The summed E-state index contributed by atoms with van der Waals surface area (Å²) in [5.74, 6) is -0.354. The minimum atomic E-state index is -0.399. The number of rotatable bonds is 3. The maximum Gasteiger partial charge on any atom is 0.338 e. The number of morpholine rings is 1. The van der Waals surface area contributed by atoms with Crippen LogP contribution < -0.4 is 9.80 Å². The number of hydrogen-bond donors (Lipinski definition) is 0. The standard InChI is InChI=1S/C23H26N2O4/c1-16-14-22(29-23(27)18-6-4-3-5-7-18)20-15-19(24-10-12-28-13-11-24)8-9-21(20)25(16)17(2)26/h3-9,15-16,22H,10-14H2,1-2H3. The lowest BCUT2D eigenvalue weighted by Gasteiger charge is -2.39. The highest BCUT2D eigenvalue weighted by atomic mass is 16.5. The van der Waals surface area contributed by atoms with Crippen LogP contribution in [0.1, 0.15) is 42.3 Å². The van der Waals surface area contributed by atoms with Gasteiger partial charge in [0.25, 0.3) is 0 Å². The molecule has 6 heteroatoms. The summed E-state index contributed by atoms with van der Waals surface area (Å²) in [6, 6.07) is 15.0. The van der Waals surface area contributed by atoms with E-state index >= 15 is 0 Å². The summed E-state index contributed by atoms with van der Waals surface area (Å²) in [6.45, 7) is 6.59. The third kappa shape index (κ3) is 3.98. The van der Waals surface area contributed by atoms with E-state index in [0.29, 0.717) is 25.2 Å². The lowest BCUT2D eigenvalue weighted by atomic mass is 9.92. The third-order valence-electron chi connectivity index (χ3n) is 5.59. The minimum absolute atomic E-state index is 0.00860. The summed E-state index contributed by atoms with van der Waals surface area (Å²) in [7, 11) is 0. The molecule has 152 valence electrons. The zero-order chi connectivity index (χ0) is 20.4. The van der Waals surface area contributed by atoms with Crippen LogP contribution in [-0.4, -0.2) is 44.2 Å². The highest BCUT2D eigenvalue weighted by Gasteiger charge is 2.35. The molecule has 2 atom stereocenters. The monoisotopic (exact) mass is 394 g/mol. The van der Waals surface area contributed by atoms with Gasteiger partial charge in [0.05, 0.1) is 24.5 Å². The second-order valence-corrected chi connectivity index (χ2v) is 7.58. The largest absolute Gasteiger partial charge is 0.454 e. The van der Waals surface area contributed by atoms with Crippen LogP contribution in [0, 0.1) is 0 Å². The van der Waals surface area contributed by atoms with Crippen LogP contribution >= 0.6 is 0 Å². The van der Waals surface area contributed by atoms with Crippen molar-refractivity contribution in [2.45, 2.75) is 32.4 Å². The van der Waals surface area contributed by atoms with Crippen molar-refractivity contribution in [3.8, 4) is 0 Å². The van der Waals surface area contributed by atoms with Crippen LogP contribution in [-0.2, 0) is 14.3 Å². The Morgan fingerprint density at radius 3 is 2.48 bits per heavy atom. The van der Waals surface area contributed by atoms with Gasteiger partial charge in [0.2, 0.25) is 5.91 Å². The lowest BCUT2D eigenvalue weighted by molar-refractivity contribution is -0.117. The van der Waals surface area contributed by atoms with Gasteiger partial charge in [0.1, 0.15) is 6.10 Å². The van der Waals surface area contributed by atoms with Crippen molar-refractivity contribution in [2.75, 3.05) is 36.1 Å². The molecule has 0 spiro atoms. The Morgan fingerprint density at radius 1 is 1.07 bits per heavy atom.